The van der Waals surface area contributed by atoms with E-state index >= 15 is 0 Å². The molecule has 0 aromatic heterocycles. The minimum atomic E-state index is -0.287. The second-order valence-corrected chi connectivity index (χ2v) is 7.84. The van der Waals surface area contributed by atoms with Crippen LogP contribution < -0.4 is 0 Å². The van der Waals surface area contributed by atoms with E-state index in [1.54, 1.807) is 0 Å². The van der Waals surface area contributed by atoms with Crippen LogP contribution in [-0.2, 0) is 14.3 Å². The molecule has 0 bridgehead atoms. The largest absolute Gasteiger partial charge is 0.370 e. The highest BCUT2D eigenvalue weighted by molar-refractivity contribution is 5.80. The fourth-order valence-corrected chi connectivity index (χ4v) is 3.36. The molecule has 6 heteroatoms. The second-order valence-electron chi connectivity index (χ2n) is 7.84. The molecule has 2 aliphatic heterocycles. The van der Waals surface area contributed by atoms with Crippen molar-refractivity contribution in [1.29, 1.82) is 0 Å². The quantitative estimate of drug-likeness (QED) is 0.764. The first-order valence-corrected chi connectivity index (χ1v) is 8.02. The average molecular weight is 311 g/mol. The number of rotatable bonds is 3. The maximum absolute atomic E-state index is 12.4. The van der Waals surface area contributed by atoms with E-state index in [2.05, 4.69) is 39.5 Å². The van der Waals surface area contributed by atoms with E-state index in [0.29, 0.717) is 26.2 Å². The monoisotopic (exact) mass is 311 g/mol. The Labute approximate surface area is 133 Å². The Balaban J connectivity index is 1.96. The summed E-state index contributed by atoms with van der Waals surface area (Å²) >= 11 is 0. The number of hydrogen-bond acceptors (Lipinski definition) is 4. The molecule has 2 aliphatic rings. The van der Waals surface area contributed by atoms with Crippen LogP contribution >= 0.6 is 0 Å². The lowest BCUT2D eigenvalue weighted by Crippen LogP contribution is -2.62. The Morgan fingerprint density at radius 1 is 0.955 bits per heavy atom. The number of hydrogen-bond donors (Lipinski definition) is 0. The molecule has 0 N–H and O–H groups in total. The van der Waals surface area contributed by atoms with Crippen molar-refractivity contribution in [3.8, 4) is 0 Å². The zero-order valence-electron chi connectivity index (χ0n) is 14.5. The van der Waals surface area contributed by atoms with E-state index in [9.17, 15) is 9.59 Å². The van der Waals surface area contributed by atoms with Gasteiger partial charge in [0.05, 0.1) is 18.7 Å². The summed E-state index contributed by atoms with van der Waals surface area (Å²) in [5.41, 5.74) is -0.413. The van der Waals surface area contributed by atoms with Crippen molar-refractivity contribution < 1.29 is 14.3 Å². The topological polar surface area (TPSA) is 53.1 Å². The first-order chi connectivity index (χ1) is 10.1. The zero-order chi connectivity index (χ0) is 16.5. The predicted octanol–water partition coefficient (Wildman–Crippen LogP) is 0.567. The van der Waals surface area contributed by atoms with Crippen LogP contribution in [0.5, 0.6) is 0 Å². The van der Waals surface area contributed by atoms with Crippen LogP contribution in [0.25, 0.3) is 0 Å². The predicted molar refractivity (Wildman–Crippen MR) is 84.5 cm³/mol. The van der Waals surface area contributed by atoms with Crippen LogP contribution in [0.3, 0.4) is 0 Å². The van der Waals surface area contributed by atoms with Crippen molar-refractivity contribution in [2.75, 3.05) is 45.9 Å². The fourth-order valence-electron chi connectivity index (χ4n) is 3.36. The number of carbonyl (C=O) groups is 2. The number of piperazine rings is 1. The molecule has 2 rings (SSSR count). The summed E-state index contributed by atoms with van der Waals surface area (Å²) in [5.74, 6) is 0.207. The Morgan fingerprint density at radius 3 is 2.18 bits per heavy atom. The Morgan fingerprint density at radius 2 is 1.64 bits per heavy atom. The lowest BCUT2D eigenvalue weighted by molar-refractivity contribution is -0.151. The van der Waals surface area contributed by atoms with Gasteiger partial charge in [-0.15, -0.1) is 0 Å². The number of morpholine rings is 1. The minimum Gasteiger partial charge on any atom is -0.370 e. The molecule has 6 nitrogen and oxygen atoms in total. The molecule has 0 aromatic rings. The summed E-state index contributed by atoms with van der Waals surface area (Å²) in [6, 6.07) is 0. The standard InChI is InChI=1S/C16H29N3O3/c1-15(2,3)18-7-6-17(10-13(18)20)12-16(4,5)19-8-9-22-11-14(19)21/h6-12H2,1-5H3. The van der Waals surface area contributed by atoms with E-state index in [0.717, 1.165) is 13.1 Å². The molecule has 2 saturated heterocycles. The van der Waals surface area contributed by atoms with Crippen LogP contribution in [0.1, 0.15) is 34.6 Å². The van der Waals surface area contributed by atoms with Crippen LogP contribution in [-0.4, -0.2) is 83.5 Å². The third-order valence-electron chi connectivity index (χ3n) is 4.44. The van der Waals surface area contributed by atoms with E-state index in [1.165, 1.54) is 0 Å². The van der Waals surface area contributed by atoms with Gasteiger partial charge >= 0.3 is 0 Å². The Bertz CT molecular complexity index is 442. The van der Waals surface area contributed by atoms with E-state index in [1.807, 2.05) is 9.80 Å². The fraction of sp³-hybridized carbons (Fsp3) is 0.875. The van der Waals surface area contributed by atoms with Crippen LogP contribution in [0.15, 0.2) is 0 Å². The molecular formula is C16H29N3O3. The molecule has 0 unspecified atom stereocenters. The highest BCUT2D eigenvalue weighted by Gasteiger charge is 2.37. The van der Waals surface area contributed by atoms with E-state index in [-0.39, 0.29) is 29.5 Å². The first kappa shape index (κ1) is 17.2. The summed E-state index contributed by atoms with van der Waals surface area (Å²) in [5, 5.41) is 0. The van der Waals surface area contributed by atoms with Crippen molar-refractivity contribution in [3.63, 3.8) is 0 Å². The summed E-state index contributed by atoms with van der Waals surface area (Å²) in [6.07, 6.45) is 0. The van der Waals surface area contributed by atoms with Crippen molar-refractivity contribution >= 4 is 11.8 Å². The van der Waals surface area contributed by atoms with Gasteiger partial charge in [0.2, 0.25) is 11.8 Å². The van der Waals surface area contributed by atoms with Gasteiger partial charge in [0.25, 0.3) is 0 Å². The lowest BCUT2D eigenvalue weighted by atomic mass is 9.99. The summed E-state index contributed by atoms with van der Waals surface area (Å²) in [7, 11) is 0. The second kappa shape index (κ2) is 6.16. The van der Waals surface area contributed by atoms with Gasteiger partial charge in [-0.25, -0.2) is 0 Å². The van der Waals surface area contributed by atoms with Gasteiger partial charge in [0.15, 0.2) is 0 Å². The SMILES string of the molecule is CC(C)(C)N1CCN(CC(C)(C)N2CCOCC2=O)CC1=O. The third-order valence-corrected chi connectivity index (χ3v) is 4.44. The molecule has 0 spiro atoms. The van der Waals surface area contributed by atoms with Crippen LogP contribution in [0.4, 0.5) is 0 Å². The molecule has 0 radical (unpaired) electrons. The smallest absolute Gasteiger partial charge is 0.249 e. The molecule has 22 heavy (non-hydrogen) atoms. The summed E-state index contributed by atoms with van der Waals surface area (Å²) in [4.78, 5) is 30.4. The van der Waals surface area contributed by atoms with Gasteiger partial charge in [-0.2, -0.15) is 0 Å². The molecule has 2 fully saturated rings. The van der Waals surface area contributed by atoms with Crippen LogP contribution in [0.2, 0.25) is 0 Å². The maximum atomic E-state index is 12.4. The normalized spacial score (nSPS) is 22.4. The molecule has 0 atom stereocenters. The molecule has 2 heterocycles. The highest BCUT2D eigenvalue weighted by Crippen LogP contribution is 2.22. The number of ether oxygens (including phenoxy) is 1. The summed E-state index contributed by atoms with van der Waals surface area (Å²) < 4.78 is 5.20. The van der Waals surface area contributed by atoms with Gasteiger partial charge in [0, 0.05) is 31.7 Å². The molecule has 0 saturated carbocycles. The summed E-state index contributed by atoms with van der Waals surface area (Å²) in [6.45, 7) is 14.5. The van der Waals surface area contributed by atoms with Gasteiger partial charge in [-0.05, 0) is 34.6 Å². The molecule has 2 amide bonds. The highest BCUT2D eigenvalue weighted by atomic mass is 16.5. The third kappa shape index (κ3) is 3.79. The number of carbonyl (C=O) groups excluding carboxylic acids is 2. The first-order valence-electron chi connectivity index (χ1n) is 8.02. The molecule has 0 aliphatic carbocycles. The lowest BCUT2D eigenvalue weighted by Gasteiger charge is -2.47. The zero-order valence-corrected chi connectivity index (χ0v) is 14.5. The van der Waals surface area contributed by atoms with Crippen molar-refractivity contribution in [3.05, 3.63) is 0 Å². The minimum absolute atomic E-state index is 0.0379. The number of amides is 2. The van der Waals surface area contributed by atoms with Crippen LogP contribution in [0, 0.1) is 0 Å². The van der Waals surface area contributed by atoms with Crippen molar-refractivity contribution in [1.82, 2.24) is 14.7 Å². The average Bonchev–Trinajstić information content (AvgIpc) is 2.36. The van der Waals surface area contributed by atoms with Gasteiger partial charge < -0.3 is 14.5 Å². The van der Waals surface area contributed by atoms with Gasteiger partial charge in [-0.1, -0.05) is 0 Å². The Hall–Kier alpha value is -1.14. The van der Waals surface area contributed by atoms with Crippen molar-refractivity contribution in [2.24, 2.45) is 0 Å². The van der Waals surface area contributed by atoms with E-state index in [4.69, 9.17) is 4.74 Å². The molecule has 0 aromatic carbocycles. The molecular weight excluding hydrogens is 282 g/mol. The Kier molecular flexibility index (Phi) is 4.82. The number of nitrogens with zero attached hydrogens (tertiary/aromatic N) is 3. The van der Waals surface area contributed by atoms with E-state index < -0.39 is 0 Å². The molecule has 126 valence electrons. The maximum Gasteiger partial charge on any atom is 0.249 e. The van der Waals surface area contributed by atoms with Crippen molar-refractivity contribution in [2.45, 2.75) is 45.7 Å². The van der Waals surface area contributed by atoms with Gasteiger partial charge in [-0.3, -0.25) is 14.5 Å². The van der Waals surface area contributed by atoms with Gasteiger partial charge in [0.1, 0.15) is 6.61 Å².